The number of hydrogen-bond donors (Lipinski definition) is 2. The van der Waals surface area contributed by atoms with Crippen molar-refractivity contribution in [1.29, 1.82) is 0 Å². The molecule has 9 heteroatoms. The van der Waals surface area contributed by atoms with Gasteiger partial charge in [0, 0.05) is 44.2 Å². The third-order valence-electron chi connectivity index (χ3n) is 6.35. The third-order valence-corrected chi connectivity index (χ3v) is 6.35. The van der Waals surface area contributed by atoms with Crippen molar-refractivity contribution in [2.24, 2.45) is 0 Å². The Morgan fingerprint density at radius 2 is 1.92 bits per heavy atom. The van der Waals surface area contributed by atoms with Gasteiger partial charge < -0.3 is 29.7 Å². The average Bonchev–Trinajstić information content (AvgIpc) is 3.35. The Balaban J connectivity index is 1.74. The molecule has 0 saturated heterocycles. The summed E-state index contributed by atoms with van der Waals surface area (Å²) < 4.78 is 7.81. The quantitative estimate of drug-likeness (QED) is 0.277. The van der Waals surface area contributed by atoms with Gasteiger partial charge in [-0.15, -0.1) is 0 Å². The number of methoxy groups -OCH3 is 1. The molecule has 0 fully saturated rings. The van der Waals surface area contributed by atoms with Crippen LogP contribution in [0.2, 0.25) is 0 Å². The van der Waals surface area contributed by atoms with Gasteiger partial charge >= 0.3 is 0 Å². The summed E-state index contributed by atoms with van der Waals surface area (Å²) in [5.74, 6) is 1.53. The van der Waals surface area contributed by atoms with E-state index in [0.717, 1.165) is 47.5 Å². The van der Waals surface area contributed by atoms with E-state index in [2.05, 4.69) is 61.7 Å². The number of amides is 1. The van der Waals surface area contributed by atoms with E-state index >= 15 is 0 Å². The van der Waals surface area contributed by atoms with Crippen LogP contribution in [0, 0.1) is 0 Å². The molecule has 0 aliphatic heterocycles. The zero-order valence-corrected chi connectivity index (χ0v) is 22.7. The van der Waals surface area contributed by atoms with Crippen molar-refractivity contribution in [3.63, 3.8) is 0 Å². The molecule has 0 aliphatic rings. The second kappa shape index (κ2) is 11.8. The number of rotatable bonds is 11. The lowest BCUT2D eigenvalue weighted by Crippen LogP contribution is -2.29. The highest BCUT2D eigenvalue weighted by Crippen LogP contribution is 2.38. The average molecular weight is 514 g/mol. The van der Waals surface area contributed by atoms with Crippen LogP contribution in [0.25, 0.3) is 16.7 Å². The predicted octanol–water partition coefficient (Wildman–Crippen LogP) is 4.86. The lowest BCUT2D eigenvalue weighted by molar-refractivity contribution is -0.111. The smallest absolute Gasteiger partial charge is 0.247 e. The first kappa shape index (κ1) is 26.7. The fourth-order valence-electron chi connectivity index (χ4n) is 4.21. The molecule has 9 nitrogen and oxygen atoms in total. The number of aryl methyl sites for hydroxylation is 1. The summed E-state index contributed by atoms with van der Waals surface area (Å²) in [6, 6.07) is 14.0. The topological polar surface area (TPSA) is 87.5 Å². The SMILES string of the molecule is C=CC(=O)Nc1cc(Nc2ncc(CC)c(-n3ccc4ccccc43)n2)c(OC)cc1N(C)CCN(C)C. The molecule has 0 unspecified atom stereocenters. The van der Waals surface area contributed by atoms with Gasteiger partial charge in [-0.1, -0.05) is 31.7 Å². The van der Waals surface area contributed by atoms with Crippen molar-refractivity contribution in [1.82, 2.24) is 19.4 Å². The Morgan fingerprint density at radius 3 is 2.63 bits per heavy atom. The largest absolute Gasteiger partial charge is 0.494 e. The normalized spacial score (nSPS) is 11.0. The fraction of sp³-hybridized carbons (Fsp3) is 0.276. The molecule has 198 valence electrons. The van der Waals surface area contributed by atoms with E-state index < -0.39 is 0 Å². The molecule has 2 N–H and O–H groups in total. The molecular weight excluding hydrogens is 478 g/mol. The number of nitrogens with one attached hydrogen (secondary N) is 2. The maximum absolute atomic E-state index is 12.3. The van der Waals surface area contributed by atoms with Crippen molar-refractivity contribution in [3.05, 3.63) is 73.1 Å². The van der Waals surface area contributed by atoms with Gasteiger partial charge in [-0.05, 0) is 50.2 Å². The Morgan fingerprint density at radius 1 is 1.13 bits per heavy atom. The van der Waals surface area contributed by atoms with E-state index in [1.807, 2.05) is 57.8 Å². The molecule has 0 atom stereocenters. The summed E-state index contributed by atoms with van der Waals surface area (Å²) in [5.41, 5.74) is 4.18. The number of carbonyl (C=O) groups excluding carboxylic acids is 1. The summed E-state index contributed by atoms with van der Waals surface area (Å²) in [7, 11) is 7.65. The van der Waals surface area contributed by atoms with Gasteiger partial charge in [0.05, 0.1) is 29.7 Å². The summed E-state index contributed by atoms with van der Waals surface area (Å²) in [6.07, 6.45) is 5.91. The molecule has 4 rings (SSSR count). The lowest BCUT2D eigenvalue weighted by atomic mass is 10.2. The van der Waals surface area contributed by atoms with Gasteiger partial charge in [-0.2, -0.15) is 4.98 Å². The molecular formula is C29H35N7O2. The maximum atomic E-state index is 12.3. The van der Waals surface area contributed by atoms with Crippen LogP contribution in [0.3, 0.4) is 0 Å². The fourth-order valence-corrected chi connectivity index (χ4v) is 4.21. The number of likely N-dealkylation sites (N-methyl/N-ethyl adjacent to an activating group) is 2. The number of nitrogens with zero attached hydrogens (tertiary/aromatic N) is 5. The maximum Gasteiger partial charge on any atom is 0.247 e. The van der Waals surface area contributed by atoms with Crippen molar-refractivity contribution in [2.75, 3.05) is 56.9 Å². The van der Waals surface area contributed by atoms with Crippen LogP contribution in [0.5, 0.6) is 5.75 Å². The molecule has 1 amide bonds. The molecule has 2 aromatic heterocycles. The number of anilines is 4. The van der Waals surface area contributed by atoms with Crippen molar-refractivity contribution in [3.8, 4) is 11.6 Å². The van der Waals surface area contributed by atoms with Gasteiger partial charge in [0.15, 0.2) is 0 Å². The van der Waals surface area contributed by atoms with Crippen LogP contribution >= 0.6 is 0 Å². The summed E-state index contributed by atoms with van der Waals surface area (Å²) in [6.45, 7) is 7.29. The molecule has 0 spiro atoms. The van der Waals surface area contributed by atoms with E-state index in [1.54, 1.807) is 7.11 Å². The molecule has 0 bridgehead atoms. The third kappa shape index (κ3) is 5.78. The van der Waals surface area contributed by atoms with Gasteiger partial charge in [0.2, 0.25) is 11.9 Å². The van der Waals surface area contributed by atoms with Gasteiger partial charge in [0.1, 0.15) is 11.6 Å². The van der Waals surface area contributed by atoms with Crippen molar-refractivity contribution in [2.45, 2.75) is 13.3 Å². The molecule has 38 heavy (non-hydrogen) atoms. The number of carbonyl (C=O) groups is 1. The minimum atomic E-state index is -0.298. The summed E-state index contributed by atoms with van der Waals surface area (Å²) in [4.78, 5) is 25.9. The summed E-state index contributed by atoms with van der Waals surface area (Å²) in [5, 5.41) is 7.37. The van der Waals surface area contributed by atoms with E-state index in [0.29, 0.717) is 23.1 Å². The van der Waals surface area contributed by atoms with E-state index in [9.17, 15) is 4.79 Å². The molecule has 4 aromatic rings. The number of hydrogen-bond acceptors (Lipinski definition) is 7. The Bertz CT molecular complexity index is 1440. The Labute approximate surface area is 223 Å². The second-order valence-corrected chi connectivity index (χ2v) is 9.25. The molecule has 0 saturated carbocycles. The summed E-state index contributed by atoms with van der Waals surface area (Å²) >= 11 is 0. The predicted molar refractivity (Wildman–Crippen MR) is 155 cm³/mol. The van der Waals surface area contributed by atoms with Crippen molar-refractivity contribution < 1.29 is 9.53 Å². The van der Waals surface area contributed by atoms with Gasteiger partial charge in [-0.25, -0.2) is 4.98 Å². The van der Waals surface area contributed by atoms with Crippen LogP contribution in [-0.2, 0) is 11.2 Å². The van der Waals surface area contributed by atoms with Crippen LogP contribution in [0.15, 0.2) is 67.5 Å². The molecule has 0 radical (unpaired) electrons. The number of aromatic nitrogens is 3. The lowest BCUT2D eigenvalue weighted by Gasteiger charge is -2.26. The Hall–Kier alpha value is -4.37. The number of ether oxygens (including phenoxy) is 1. The minimum absolute atomic E-state index is 0.298. The van der Waals surface area contributed by atoms with Gasteiger partial charge in [0.25, 0.3) is 0 Å². The van der Waals surface area contributed by atoms with E-state index in [1.165, 1.54) is 6.08 Å². The van der Waals surface area contributed by atoms with Crippen LogP contribution in [0.1, 0.15) is 12.5 Å². The molecule has 2 heterocycles. The zero-order chi connectivity index (χ0) is 27.2. The first-order valence-electron chi connectivity index (χ1n) is 12.5. The minimum Gasteiger partial charge on any atom is -0.494 e. The van der Waals surface area contributed by atoms with E-state index in [-0.39, 0.29) is 5.91 Å². The van der Waals surface area contributed by atoms with Crippen LogP contribution in [0.4, 0.5) is 23.0 Å². The van der Waals surface area contributed by atoms with Crippen LogP contribution < -0.4 is 20.3 Å². The zero-order valence-electron chi connectivity index (χ0n) is 22.7. The highest BCUT2D eigenvalue weighted by molar-refractivity contribution is 6.02. The standard InChI is InChI=1S/C29H35N7O2/c1-7-20-19-30-29(33-28(20)36-14-13-21-11-9-10-12-24(21)36)32-23-17-22(31-27(37)8-2)25(18-26(23)38-6)35(5)16-15-34(3)4/h8-14,17-19H,2,7,15-16H2,1,3-6H3,(H,31,37)(H,30,32,33). The monoisotopic (exact) mass is 513 g/mol. The highest BCUT2D eigenvalue weighted by Gasteiger charge is 2.17. The first-order chi connectivity index (χ1) is 18.3. The van der Waals surface area contributed by atoms with E-state index in [4.69, 9.17) is 9.72 Å². The highest BCUT2D eigenvalue weighted by atomic mass is 16.5. The van der Waals surface area contributed by atoms with Crippen molar-refractivity contribution >= 4 is 39.8 Å². The number of fused-ring (bicyclic) bond motifs is 1. The molecule has 2 aromatic carbocycles. The van der Waals surface area contributed by atoms with Crippen LogP contribution in [-0.4, -0.2) is 66.7 Å². The number of benzene rings is 2. The first-order valence-corrected chi connectivity index (χ1v) is 12.5. The Kier molecular flexibility index (Phi) is 8.28. The second-order valence-electron chi connectivity index (χ2n) is 9.25. The van der Waals surface area contributed by atoms with Gasteiger partial charge in [-0.3, -0.25) is 4.79 Å². The number of para-hydroxylation sites is 1. The molecule has 0 aliphatic carbocycles.